The lowest BCUT2D eigenvalue weighted by Gasteiger charge is -2.16. The Balaban J connectivity index is 1.48. The largest absolute Gasteiger partial charge is 0.365 e. The minimum absolute atomic E-state index is 0.404. The van der Waals surface area contributed by atoms with Crippen LogP contribution < -0.4 is 16.4 Å². The van der Waals surface area contributed by atoms with E-state index in [4.69, 9.17) is 10.7 Å². The molecular weight excluding hydrogens is 362 g/mol. The van der Waals surface area contributed by atoms with Gasteiger partial charge in [0.1, 0.15) is 5.82 Å². The van der Waals surface area contributed by atoms with Crippen LogP contribution in [0, 0.1) is 0 Å². The molecule has 6 nitrogen and oxygen atoms in total. The van der Waals surface area contributed by atoms with Crippen molar-refractivity contribution in [2.45, 2.75) is 25.7 Å². The van der Waals surface area contributed by atoms with Gasteiger partial charge in [0.05, 0.1) is 11.3 Å². The van der Waals surface area contributed by atoms with Gasteiger partial charge in [-0.2, -0.15) is 0 Å². The van der Waals surface area contributed by atoms with Crippen LogP contribution in [-0.2, 0) is 6.42 Å². The number of rotatable bonds is 7. The summed E-state index contributed by atoms with van der Waals surface area (Å²) in [5.74, 6) is 0.0346. The predicted octanol–water partition coefficient (Wildman–Crippen LogP) is 2.94. The summed E-state index contributed by atoms with van der Waals surface area (Å²) >= 11 is 0. The Morgan fingerprint density at radius 1 is 1.14 bits per heavy atom. The number of carbonyl (C=O) groups excluding carboxylic acids is 1. The molecule has 29 heavy (non-hydrogen) atoms. The number of nitrogens with one attached hydrogen (secondary N) is 2. The van der Waals surface area contributed by atoms with Crippen LogP contribution in [0.1, 0.15) is 40.9 Å². The minimum atomic E-state index is -0.479. The molecule has 2 aromatic rings. The smallest absolute Gasteiger partial charge is 0.252 e. The molecule has 2 aliphatic heterocycles. The van der Waals surface area contributed by atoms with Crippen molar-refractivity contribution < 1.29 is 4.79 Å². The van der Waals surface area contributed by atoms with Crippen LogP contribution in [0.2, 0.25) is 0 Å². The van der Waals surface area contributed by atoms with Crippen LogP contribution in [0.15, 0.2) is 42.5 Å². The van der Waals surface area contributed by atoms with Crippen molar-refractivity contribution in [1.82, 2.24) is 15.2 Å². The van der Waals surface area contributed by atoms with Gasteiger partial charge in [0.25, 0.3) is 5.91 Å². The second-order valence-corrected chi connectivity index (χ2v) is 7.76. The molecule has 3 heterocycles. The Hall–Kier alpha value is -2.70. The molecule has 0 radical (unpaired) electrons. The first-order valence-electron chi connectivity index (χ1n) is 10.5. The molecule has 0 atom stereocenters. The van der Waals surface area contributed by atoms with E-state index in [-0.39, 0.29) is 0 Å². The molecular formula is C23H29N5O. The first-order chi connectivity index (χ1) is 14.2. The number of likely N-dealkylation sites (tertiary alicyclic amines) is 1. The van der Waals surface area contributed by atoms with E-state index < -0.39 is 5.91 Å². The normalized spacial score (nSPS) is 17.2. The number of hydrogen-bond acceptors (Lipinski definition) is 5. The van der Waals surface area contributed by atoms with Gasteiger partial charge in [-0.1, -0.05) is 18.2 Å². The molecule has 1 amide bonds. The van der Waals surface area contributed by atoms with Gasteiger partial charge in [-0.05, 0) is 80.7 Å². The number of pyridine rings is 1. The van der Waals surface area contributed by atoms with E-state index in [9.17, 15) is 4.79 Å². The van der Waals surface area contributed by atoms with Crippen molar-refractivity contribution in [3.8, 4) is 0 Å². The molecule has 1 fully saturated rings. The highest BCUT2D eigenvalue weighted by Crippen LogP contribution is 2.24. The number of anilines is 2. The lowest BCUT2D eigenvalue weighted by molar-refractivity contribution is 0.100. The van der Waals surface area contributed by atoms with Crippen LogP contribution in [0.25, 0.3) is 5.57 Å². The zero-order valence-corrected chi connectivity index (χ0v) is 16.8. The molecule has 6 heteroatoms. The maximum absolute atomic E-state index is 11.9. The molecule has 1 aromatic heterocycles. The maximum atomic E-state index is 11.9. The highest BCUT2D eigenvalue weighted by atomic mass is 16.1. The number of nitrogens with zero attached hydrogens (tertiary/aromatic N) is 2. The fraction of sp³-hybridized carbons (Fsp3) is 0.391. The topological polar surface area (TPSA) is 83.3 Å². The number of nitrogens with two attached hydrogens (primary N) is 1. The first-order valence-corrected chi connectivity index (χ1v) is 10.5. The summed E-state index contributed by atoms with van der Waals surface area (Å²) in [5.41, 5.74) is 10.3. The molecule has 4 N–H and O–H groups in total. The molecule has 0 spiro atoms. The van der Waals surface area contributed by atoms with Crippen molar-refractivity contribution in [3.05, 3.63) is 59.3 Å². The second-order valence-electron chi connectivity index (χ2n) is 7.76. The summed E-state index contributed by atoms with van der Waals surface area (Å²) in [5, 5.41) is 6.60. The van der Waals surface area contributed by atoms with E-state index in [0.717, 1.165) is 43.9 Å². The van der Waals surface area contributed by atoms with Gasteiger partial charge in [0, 0.05) is 18.8 Å². The van der Waals surface area contributed by atoms with Gasteiger partial charge in [0.15, 0.2) is 0 Å². The Morgan fingerprint density at radius 2 is 1.93 bits per heavy atom. The highest BCUT2D eigenvalue weighted by molar-refractivity contribution is 5.98. The van der Waals surface area contributed by atoms with Gasteiger partial charge in [0.2, 0.25) is 0 Å². The number of carbonyl (C=O) groups is 1. The molecule has 152 valence electrons. The Morgan fingerprint density at radius 3 is 2.62 bits per heavy atom. The van der Waals surface area contributed by atoms with E-state index in [1.807, 2.05) is 18.2 Å². The fourth-order valence-electron chi connectivity index (χ4n) is 3.97. The Labute approximate surface area is 172 Å². The third kappa shape index (κ3) is 5.02. The Kier molecular flexibility index (Phi) is 6.22. The highest BCUT2D eigenvalue weighted by Gasteiger charge is 2.15. The van der Waals surface area contributed by atoms with E-state index in [1.54, 1.807) is 6.07 Å². The molecule has 1 aromatic carbocycles. The van der Waals surface area contributed by atoms with Gasteiger partial charge < -0.3 is 21.3 Å². The predicted molar refractivity (Wildman–Crippen MR) is 117 cm³/mol. The first kappa shape index (κ1) is 19.6. The average molecular weight is 392 g/mol. The maximum Gasteiger partial charge on any atom is 0.252 e. The zero-order chi connectivity index (χ0) is 20.1. The third-order valence-electron chi connectivity index (χ3n) is 5.69. The van der Waals surface area contributed by atoms with E-state index in [2.05, 4.69) is 33.7 Å². The number of benzene rings is 1. The van der Waals surface area contributed by atoms with Crippen molar-refractivity contribution in [2.75, 3.05) is 38.0 Å². The van der Waals surface area contributed by atoms with Crippen molar-refractivity contribution in [1.29, 1.82) is 0 Å². The zero-order valence-electron chi connectivity index (χ0n) is 16.8. The van der Waals surface area contributed by atoms with Crippen molar-refractivity contribution in [2.24, 2.45) is 5.73 Å². The van der Waals surface area contributed by atoms with Crippen molar-refractivity contribution >= 4 is 23.0 Å². The molecule has 0 bridgehead atoms. The summed E-state index contributed by atoms with van der Waals surface area (Å²) in [6, 6.07) is 12.0. The van der Waals surface area contributed by atoms with Crippen LogP contribution in [0.4, 0.5) is 11.5 Å². The van der Waals surface area contributed by atoms with Gasteiger partial charge in [-0.25, -0.2) is 4.98 Å². The van der Waals surface area contributed by atoms with Crippen LogP contribution in [0.3, 0.4) is 0 Å². The average Bonchev–Trinajstić information content (AvgIpc) is 3.27. The Bertz CT molecular complexity index is 885. The molecule has 1 saturated heterocycles. The fourth-order valence-corrected chi connectivity index (χ4v) is 3.97. The summed E-state index contributed by atoms with van der Waals surface area (Å²) < 4.78 is 0. The second kappa shape index (κ2) is 9.20. The number of amides is 1. The lowest BCUT2D eigenvalue weighted by atomic mass is 10.0. The van der Waals surface area contributed by atoms with Crippen LogP contribution in [-0.4, -0.2) is 48.5 Å². The van der Waals surface area contributed by atoms with Gasteiger partial charge in [-0.15, -0.1) is 0 Å². The summed E-state index contributed by atoms with van der Waals surface area (Å²) in [7, 11) is 0. The molecule has 0 saturated carbocycles. The van der Waals surface area contributed by atoms with Crippen LogP contribution in [0.5, 0.6) is 0 Å². The van der Waals surface area contributed by atoms with Crippen LogP contribution >= 0.6 is 0 Å². The molecule has 0 aliphatic carbocycles. The SMILES string of the molecule is NC(=O)c1ccc(C2=CCNCC2)nc1Nc1ccc(CCN2CCCC2)cc1. The van der Waals surface area contributed by atoms with E-state index in [1.165, 1.54) is 37.1 Å². The molecule has 4 rings (SSSR count). The third-order valence-corrected chi connectivity index (χ3v) is 5.69. The summed E-state index contributed by atoms with van der Waals surface area (Å²) in [6.07, 6.45) is 6.78. The quantitative estimate of drug-likeness (QED) is 0.676. The minimum Gasteiger partial charge on any atom is -0.365 e. The van der Waals surface area contributed by atoms with E-state index >= 15 is 0 Å². The van der Waals surface area contributed by atoms with Gasteiger partial charge >= 0.3 is 0 Å². The monoisotopic (exact) mass is 391 g/mol. The number of aromatic nitrogens is 1. The molecule has 2 aliphatic rings. The number of hydrogen-bond donors (Lipinski definition) is 3. The van der Waals surface area contributed by atoms with Crippen molar-refractivity contribution in [3.63, 3.8) is 0 Å². The van der Waals surface area contributed by atoms with Gasteiger partial charge in [-0.3, -0.25) is 4.79 Å². The summed E-state index contributed by atoms with van der Waals surface area (Å²) in [4.78, 5) is 19.1. The van der Waals surface area contributed by atoms with E-state index in [0.29, 0.717) is 11.4 Å². The standard InChI is InChI=1S/C23H29N5O/c24-22(29)20-7-8-21(18-9-12-25-13-10-18)27-23(20)26-19-5-3-17(4-6-19)11-16-28-14-1-2-15-28/h3-9,25H,1-2,10-16H2,(H2,24,29)(H,26,27). The lowest BCUT2D eigenvalue weighted by Crippen LogP contribution is -2.21. The number of primary amides is 1. The summed E-state index contributed by atoms with van der Waals surface area (Å²) in [6.45, 7) is 5.35. The molecule has 0 unspecified atom stereocenters.